The summed E-state index contributed by atoms with van der Waals surface area (Å²) in [5.41, 5.74) is 2.31. The van der Waals surface area contributed by atoms with Crippen molar-refractivity contribution < 1.29 is 35.6 Å². The third-order valence-electron chi connectivity index (χ3n) is 22.6. The standard InChI is InChI=1S/C70H126N2O8Si12/c1-81(2,3)77-89(21,22)85(13,14)49-33-29-37-53(38-30-34-50-86(15,16)90(23,24)78-82(4,5)6)71-67(73)59-45-41-55-57-43-47-61-66-62(48-44-58(64(57)66)56-42-46-60(68(71)74)65(59)63(55)56)70(76)72(69(61)75)54(39-31-35-51-87(17,18)91(25,26)79-83(7,8)9)40-32-36-52-88(19,20)92(27,28)80-84(10,11)12/h41-48,53-54H,29-40,49-52H2,1-28H3. The molecule has 0 atom stereocenters. The van der Waals surface area contributed by atoms with Crippen LogP contribution in [0.1, 0.15) is 118 Å². The Hall–Kier alpha value is -1.88. The molecule has 2 heterocycles. The van der Waals surface area contributed by atoms with Crippen molar-refractivity contribution >= 4 is 162 Å². The van der Waals surface area contributed by atoms with E-state index in [0.717, 1.165) is 120 Å². The lowest BCUT2D eigenvalue weighted by molar-refractivity contribution is 0.0502. The molecule has 10 nitrogen and oxygen atoms in total. The van der Waals surface area contributed by atoms with E-state index in [4.69, 9.17) is 16.5 Å². The summed E-state index contributed by atoms with van der Waals surface area (Å²) in [4.78, 5) is 65.2. The molecule has 92 heavy (non-hydrogen) atoms. The zero-order valence-electron chi connectivity index (χ0n) is 63.2. The first-order valence-electron chi connectivity index (χ1n) is 35.6. The van der Waals surface area contributed by atoms with E-state index in [-0.39, 0.29) is 35.7 Å². The molecule has 5 aromatic rings. The van der Waals surface area contributed by atoms with Crippen LogP contribution in [0.5, 0.6) is 0 Å². The monoisotopic (exact) mass is 1460 g/mol. The molecule has 22 heteroatoms. The number of nitrogens with zero attached hydrogens (tertiary/aromatic N) is 2. The first kappa shape index (κ1) is 77.5. The van der Waals surface area contributed by atoms with Gasteiger partial charge in [0.15, 0.2) is 64.6 Å². The van der Waals surface area contributed by atoms with Gasteiger partial charge in [0.1, 0.15) is 0 Å². The Balaban J connectivity index is 1.21. The van der Waals surface area contributed by atoms with Crippen molar-refractivity contribution in [2.45, 2.75) is 297 Å². The fraction of sp³-hybridized carbons (Fsp3) is 0.657. The summed E-state index contributed by atoms with van der Waals surface area (Å²) in [6.07, 6.45) is 11.2. The number of rotatable bonds is 34. The van der Waals surface area contributed by atoms with Crippen molar-refractivity contribution in [2.75, 3.05) is 0 Å². The van der Waals surface area contributed by atoms with Crippen molar-refractivity contribution in [1.82, 2.24) is 9.80 Å². The molecule has 4 amide bonds. The van der Waals surface area contributed by atoms with Gasteiger partial charge in [-0.1, -0.05) is 152 Å². The van der Waals surface area contributed by atoms with Gasteiger partial charge in [0.2, 0.25) is 0 Å². The molecule has 0 bridgehead atoms. The molecule has 512 valence electrons. The van der Waals surface area contributed by atoms with Crippen LogP contribution in [0.3, 0.4) is 0 Å². The molecular weight excluding hydrogens is 1330 g/mol. The summed E-state index contributed by atoms with van der Waals surface area (Å²) in [5.74, 6) is -0.790. The molecule has 0 unspecified atom stereocenters. The summed E-state index contributed by atoms with van der Waals surface area (Å²) >= 11 is 0. The summed E-state index contributed by atoms with van der Waals surface area (Å²) in [6.45, 7) is 67.5. The lowest BCUT2D eigenvalue weighted by atomic mass is 9.81. The fourth-order valence-electron chi connectivity index (χ4n) is 15.4. The van der Waals surface area contributed by atoms with Crippen LogP contribution in [-0.4, -0.2) is 140 Å². The number of amides is 4. The lowest BCUT2D eigenvalue weighted by Crippen LogP contribution is -2.60. The maximum Gasteiger partial charge on any atom is 0.261 e. The van der Waals surface area contributed by atoms with Gasteiger partial charge in [0.05, 0.1) is 30.4 Å². The van der Waals surface area contributed by atoms with Gasteiger partial charge in [-0.05, 0) is 213 Å². The van der Waals surface area contributed by atoms with Crippen LogP contribution in [0.2, 0.25) is 207 Å². The topological polar surface area (TPSA) is 112 Å². The quantitative estimate of drug-likeness (QED) is 0.0132. The molecule has 7 rings (SSSR count). The summed E-state index contributed by atoms with van der Waals surface area (Å²) in [5, 5.41) is 6.94. The van der Waals surface area contributed by atoms with Crippen LogP contribution in [-0.2, 0) is 16.5 Å². The predicted molar refractivity (Wildman–Crippen MR) is 428 cm³/mol. The van der Waals surface area contributed by atoms with Crippen LogP contribution >= 0.6 is 0 Å². The average molecular weight is 1460 g/mol. The molecule has 0 spiro atoms. The number of unbranched alkanes of at least 4 members (excludes halogenated alkanes) is 4. The van der Waals surface area contributed by atoms with Crippen molar-refractivity contribution in [2.24, 2.45) is 0 Å². The summed E-state index contributed by atoms with van der Waals surface area (Å²) in [6, 6.07) is 20.4. The van der Waals surface area contributed by atoms with Gasteiger partial charge in [0, 0.05) is 45.1 Å². The van der Waals surface area contributed by atoms with Crippen LogP contribution in [0.15, 0.2) is 48.5 Å². The van der Waals surface area contributed by atoms with Crippen molar-refractivity contribution in [3.63, 3.8) is 0 Å². The minimum Gasteiger partial charge on any atom is -0.458 e. The zero-order chi connectivity index (χ0) is 69.3. The molecule has 0 aliphatic carbocycles. The number of carbonyl (C=O) groups is 4. The smallest absolute Gasteiger partial charge is 0.261 e. The van der Waals surface area contributed by atoms with Gasteiger partial charge in [0.25, 0.3) is 23.6 Å². The summed E-state index contributed by atoms with van der Waals surface area (Å²) < 4.78 is 27.9. The Morgan fingerprint density at radius 3 is 0.630 bits per heavy atom. The zero-order valence-corrected chi connectivity index (χ0v) is 75.2. The maximum atomic E-state index is 15.5. The molecule has 0 saturated heterocycles. The Labute approximate surface area is 570 Å². The first-order valence-corrected chi connectivity index (χ1v) is 77.6. The highest BCUT2D eigenvalue weighted by atomic mass is 29.3. The fourth-order valence-corrected chi connectivity index (χ4v) is 81.6. The van der Waals surface area contributed by atoms with E-state index in [1.165, 1.54) is 24.2 Å². The minimum absolute atomic E-state index is 0.197. The molecular formula is C70H126N2O8Si12. The highest BCUT2D eigenvalue weighted by Crippen LogP contribution is 2.48. The summed E-state index contributed by atoms with van der Waals surface area (Å²) in [7, 11) is -21.2. The Kier molecular flexibility index (Phi) is 23.3. The number of benzene rings is 5. The van der Waals surface area contributed by atoms with E-state index in [1.807, 2.05) is 24.3 Å². The van der Waals surface area contributed by atoms with E-state index < -0.39 is 95.0 Å². The van der Waals surface area contributed by atoms with E-state index in [0.29, 0.717) is 22.3 Å². The van der Waals surface area contributed by atoms with Crippen LogP contribution in [0.25, 0.3) is 43.1 Å². The molecule has 0 aromatic heterocycles. The molecule has 0 N–H and O–H groups in total. The van der Waals surface area contributed by atoms with Gasteiger partial charge in [-0.15, -0.1) is 0 Å². The number of hydrogen-bond donors (Lipinski definition) is 0. The lowest BCUT2D eigenvalue weighted by Gasteiger charge is -2.42. The van der Waals surface area contributed by atoms with Crippen LogP contribution in [0.4, 0.5) is 0 Å². The van der Waals surface area contributed by atoms with E-state index in [9.17, 15) is 0 Å². The highest BCUT2D eigenvalue weighted by Gasteiger charge is 2.49. The van der Waals surface area contributed by atoms with Gasteiger partial charge in [-0.25, -0.2) is 0 Å². The molecule has 0 saturated carbocycles. The SMILES string of the molecule is C[Si](C)(C)O[Si](C)(C)[Si](C)(C)CCCCC(CCCC[Si](C)(C)[Si](C)(C)O[Si](C)(C)C)N1C(=O)c2ccc3c4ccc5c6c(ccc(c7ccc(c2c37)C1=O)c64)C(=O)N(C(CCCC[Si](C)(C)[Si](C)(C)O[Si](C)(C)C)CCCC[Si](C)(C)[Si](C)(C)O[Si](C)(C)C)C5=O. The minimum atomic E-state index is -1.89. The van der Waals surface area contributed by atoms with Gasteiger partial charge >= 0.3 is 0 Å². The number of fused-ring (bicyclic) bond motifs is 2. The van der Waals surface area contributed by atoms with Gasteiger partial charge in [-0.2, -0.15) is 0 Å². The Bertz CT molecular complexity index is 3090. The second kappa shape index (κ2) is 27.7. The number of imide groups is 2. The maximum absolute atomic E-state index is 15.5. The second-order valence-corrected chi connectivity index (χ2v) is 117. The predicted octanol–water partition coefficient (Wildman–Crippen LogP) is 21.7. The Morgan fingerprint density at radius 2 is 0.457 bits per heavy atom. The van der Waals surface area contributed by atoms with Crippen LogP contribution < -0.4 is 0 Å². The molecule has 5 aromatic carbocycles. The van der Waals surface area contributed by atoms with Crippen molar-refractivity contribution in [1.29, 1.82) is 0 Å². The largest absolute Gasteiger partial charge is 0.458 e. The van der Waals surface area contributed by atoms with Crippen LogP contribution in [0, 0.1) is 0 Å². The molecule has 0 radical (unpaired) electrons. The third-order valence-corrected chi connectivity index (χ3v) is 106. The molecule has 2 aliphatic heterocycles. The van der Waals surface area contributed by atoms with E-state index >= 15 is 19.2 Å². The van der Waals surface area contributed by atoms with Gasteiger partial charge < -0.3 is 16.5 Å². The number of hydrogen-bond acceptors (Lipinski definition) is 8. The third kappa shape index (κ3) is 17.0. The van der Waals surface area contributed by atoms with Gasteiger partial charge in [-0.3, -0.25) is 29.0 Å². The highest BCUT2D eigenvalue weighted by molar-refractivity contribution is 7.41. The first-order chi connectivity index (χ1) is 41.8. The number of carbonyl (C=O) groups excluding carboxylic acids is 4. The average Bonchev–Trinajstić information content (AvgIpc) is 0.691. The normalized spacial score (nSPS) is 15.8. The second-order valence-electron chi connectivity index (χ2n) is 36.8. The van der Waals surface area contributed by atoms with Crippen molar-refractivity contribution in [3.05, 3.63) is 70.8 Å². The molecule has 2 aliphatic rings. The van der Waals surface area contributed by atoms with E-state index in [2.05, 4.69) is 208 Å². The van der Waals surface area contributed by atoms with Crippen molar-refractivity contribution in [3.8, 4) is 0 Å². The molecule has 0 fully saturated rings. The van der Waals surface area contributed by atoms with E-state index in [1.54, 1.807) is 9.80 Å². The Morgan fingerprint density at radius 1 is 0.272 bits per heavy atom.